The number of hydrogen-bond acceptors (Lipinski definition) is 6. The van der Waals surface area contributed by atoms with Crippen LogP contribution in [0.5, 0.6) is 0 Å². The van der Waals surface area contributed by atoms with E-state index in [2.05, 4.69) is 32.3 Å². The van der Waals surface area contributed by atoms with E-state index in [1.807, 2.05) is 0 Å². The smallest absolute Gasteiger partial charge is 0.236 e. The largest absolute Gasteiger partial charge is 0.383 e. The highest BCUT2D eigenvalue weighted by atomic mass is 19.1. The molecule has 1 aromatic carbocycles. The van der Waals surface area contributed by atoms with Crippen molar-refractivity contribution in [2.45, 2.75) is 37.8 Å². The summed E-state index contributed by atoms with van der Waals surface area (Å²) >= 11 is 0. The van der Waals surface area contributed by atoms with E-state index >= 15 is 0 Å². The Labute approximate surface area is 178 Å². The zero-order chi connectivity index (χ0) is 21.8. The third-order valence-corrected chi connectivity index (χ3v) is 5.84. The molecule has 9 heteroatoms. The van der Waals surface area contributed by atoms with Crippen molar-refractivity contribution in [3.63, 3.8) is 0 Å². The monoisotopic (exact) mass is 419 g/mol. The topological polar surface area (TPSA) is 111 Å². The van der Waals surface area contributed by atoms with Crippen molar-refractivity contribution in [2.75, 3.05) is 11.1 Å². The molecule has 8 nitrogen and oxygen atoms in total. The SMILES string of the molecule is C=C1Nc2nc(-c3ccn(Cc4ccccc4F)n3)nc(N)c2C1(C)C(=O)NC1CC1. The van der Waals surface area contributed by atoms with Crippen LogP contribution < -0.4 is 16.4 Å². The minimum absolute atomic E-state index is 0.163. The number of halogens is 1. The predicted molar refractivity (Wildman–Crippen MR) is 114 cm³/mol. The molecule has 2 aliphatic rings. The number of nitrogens with one attached hydrogen (secondary N) is 2. The molecule has 3 aromatic rings. The van der Waals surface area contributed by atoms with Gasteiger partial charge < -0.3 is 16.4 Å². The third-order valence-electron chi connectivity index (χ3n) is 5.84. The first kappa shape index (κ1) is 19.2. The lowest BCUT2D eigenvalue weighted by Gasteiger charge is -2.24. The summed E-state index contributed by atoms with van der Waals surface area (Å²) in [7, 11) is 0. The molecule has 1 fully saturated rings. The fourth-order valence-electron chi connectivity index (χ4n) is 3.77. The summed E-state index contributed by atoms with van der Waals surface area (Å²) in [5.74, 6) is 0.510. The summed E-state index contributed by atoms with van der Waals surface area (Å²) in [6.07, 6.45) is 3.69. The van der Waals surface area contributed by atoms with Crippen LogP contribution in [0, 0.1) is 5.82 Å². The number of carbonyl (C=O) groups excluding carboxylic acids is 1. The molecule has 3 heterocycles. The first-order chi connectivity index (χ1) is 14.9. The molecule has 31 heavy (non-hydrogen) atoms. The summed E-state index contributed by atoms with van der Waals surface area (Å²) in [6.45, 7) is 6.07. The molecule has 0 radical (unpaired) electrons. The molecule has 1 unspecified atom stereocenters. The Hall–Kier alpha value is -3.75. The van der Waals surface area contributed by atoms with Gasteiger partial charge in [-0.05, 0) is 31.9 Å². The molecule has 158 valence electrons. The van der Waals surface area contributed by atoms with Gasteiger partial charge >= 0.3 is 0 Å². The quantitative estimate of drug-likeness (QED) is 0.586. The zero-order valence-electron chi connectivity index (χ0n) is 17.0. The van der Waals surface area contributed by atoms with Gasteiger partial charge in [0, 0.05) is 23.5 Å². The third kappa shape index (κ3) is 3.22. The maximum absolute atomic E-state index is 13.9. The van der Waals surface area contributed by atoms with Gasteiger partial charge in [0.25, 0.3) is 0 Å². The number of hydrogen-bond donors (Lipinski definition) is 3. The van der Waals surface area contributed by atoms with Crippen LogP contribution in [0.25, 0.3) is 11.5 Å². The first-order valence-corrected chi connectivity index (χ1v) is 10.1. The average molecular weight is 419 g/mol. The van der Waals surface area contributed by atoms with Gasteiger partial charge in [0.15, 0.2) is 5.82 Å². The standard InChI is InChI=1S/C22H22FN7O/c1-12-22(2,21(31)26-14-7-8-14)17-18(24)27-19(28-20(17)25-12)16-9-10-30(29-16)11-13-5-3-4-6-15(13)23/h3-6,9-10,14H,1,7-8,11H2,2H3,(H,26,31)(H3,24,25,27,28). The van der Waals surface area contributed by atoms with Gasteiger partial charge in [0.2, 0.25) is 5.91 Å². The molecule has 1 atom stereocenters. The maximum Gasteiger partial charge on any atom is 0.236 e. The number of fused-ring (bicyclic) bond motifs is 1. The highest BCUT2D eigenvalue weighted by molar-refractivity contribution is 5.98. The average Bonchev–Trinajstić information content (AvgIpc) is 3.35. The number of anilines is 2. The Morgan fingerprint density at radius 1 is 1.35 bits per heavy atom. The van der Waals surface area contributed by atoms with Crippen LogP contribution in [0.1, 0.15) is 30.9 Å². The molecule has 0 bridgehead atoms. The lowest BCUT2D eigenvalue weighted by molar-refractivity contribution is -0.124. The number of aromatic nitrogens is 4. The Bertz CT molecular complexity index is 1220. The summed E-state index contributed by atoms with van der Waals surface area (Å²) in [4.78, 5) is 21.9. The molecule has 1 aliphatic heterocycles. The fourth-order valence-corrected chi connectivity index (χ4v) is 3.77. The summed E-state index contributed by atoms with van der Waals surface area (Å²) in [6, 6.07) is 8.50. The first-order valence-electron chi connectivity index (χ1n) is 10.1. The van der Waals surface area contributed by atoms with Crippen LogP contribution in [-0.2, 0) is 16.8 Å². The van der Waals surface area contributed by atoms with Crippen molar-refractivity contribution in [1.82, 2.24) is 25.1 Å². The van der Waals surface area contributed by atoms with Gasteiger partial charge in [0.1, 0.15) is 28.6 Å². The van der Waals surface area contributed by atoms with Gasteiger partial charge in [-0.3, -0.25) is 9.48 Å². The van der Waals surface area contributed by atoms with Gasteiger partial charge in [-0.15, -0.1) is 0 Å². The number of nitrogens with two attached hydrogens (primary N) is 1. The molecule has 0 spiro atoms. The van der Waals surface area contributed by atoms with Gasteiger partial charge in [-0.25, -0.2) is 14.4 Å². The Morgan fingerprint density at radius 3 is 2.87 bits per heavy atom. The van der Waals surface area contributed by atoms with Gasteiger partial charge in [0.05, 0.1) is 12.1 Å². The van der Waals surface area contributed by atoms with E-state index in [1.54, 1.807) is 42.1 Å². The number of nitrogens with zero attached hydrogens (tertiary/aromatic N) is 4. The second kappa shape index (κ2) is 6.90. The zero-order valence-corrected chi connectivity index (χ0v) is 17.0. The number of carbonyl (C=O) groups is 1. The summed E-state index contributed by atoms with van der Waals surface area (Å²) < 4.78 is 15.5. The van der Waals surface area contributed by atoms with E-state index in [4.69, 9.17) is 5.73 Å². The lowest BCUT2D eigenvalue weighted by Crippen LogP contribution is -2.43. The second-order valence-corrected chi connectivity index (χ2v) is 8.12. The molecule has 5 rings (SSSR count). The van der Waals surface area contributed by atoms with E-state index in [-0.39, 0.29) is 30.1 Å². The van der Waals surface area contributed by atoms with Gasteiger partial charge in [-0.1, -0.05) is 24.8 Å². The minimum Gasteiger partial charge on any atom is -0.383 e. The molecule has 4 N–H and O–H groups in total. The molecular formula is C22H22FN7O. The minimum atomic E-state index is -1.05. The normalized spacial score (nSPS) is 19.7. The van der Waals surface area contributed by atoms with Crippen molar-refractivity contribution in [3.05, 3.63) is 65.7 Å². The predicted octanol–water partition coefficient (Wildman–Crippen LogP) is 2.59. The Balaban J connectivity index is 1.46. The van der Waals surface area contributed by atoms with Crippen molar-refractivity contribution in [3.8, 4) is 11.5 Å². The maximum atomic E-state index is 13.9. The van der Waals surface area contributed by atoms with E-state index < -0.39 is 5.41 Å². The van der Waals surface area contributed by atoms with E-state index in [0.717, 1.165) is 12.8 Å². The van der Waals surface area contributed by atoms with Crippen molar-refractivity contribution in [1.29, 1.82) is 0 Å². The van der Waals surface area contributed by atoms with Crippen molar-refractivity contribution >= 4 is 17.5 Å². The fraction of sp³-hybridized carbons (Fsp3) is 0.273. The second-order valence-electron chi connectivity index (χ2n) is 8.12. The van der Waals surface area contributed by atoms with Crippen LogP contribution in [0.15, 0.2) is 48.8 Å². The summed E-state index contributed by atoms with van der Waals surface area (Å²) in [5, 5.41) is 10.6. The molecule has 2 aromatic heterocycles. The van der Waals surface area contributed by atoms with Crippen LogP contribution in [0.3, 0.4) is 0 Å². The van der Waals surface area contributed by atoms with Crippen molar-refractivity contribution in [2.24, 2.45) is 0 Å². The number of amides is 1. The van der Waals surface area contributed by atoms with Crippen LogP contribution in [0.2, 0.25) is 0 Å². The molecule has 1 amide bonds. The molecule has 1 saturated carbocycles. The molecular weight excluding hydrogens is 397 g/mol. The van der Waals surface area contributed by atoms with Gasteiger partial charge in [-0.2, -0.15) is 5.10 Å². The molecule has 0 saturated heterocycles. The highest BCUT2D eigenvalue weighted by Crippen LogP contribution is 2.45. The number of benzene rings is 1. The van der Waals surface area contributed by atoms with Crippen LogP contribution in [0.4, 0.5) is 16.0 Å². The summed E-state index contributed by atoms with van der Waals surface area (Å²) in [5.41, 5.74) is 7.28. The van der Waals surface area contributed by atoms with E-state index in [9.17, 15) is 9.18 Å². The number of rotatable bonds is 5. The lowest BCUT2D eigenvalue weighted by atomic mass is 9.81. The Kier molecular flexibility index (Phi) is 4.28. The highest BCUT2D eigenvalue weighted by Gasteiger charge is 2.49. The van der Waals surface area contributed by atoms with Crippen molar-refractivity contribution < 1.29 is 9.18 Å². The number of nitrogen functional groups attached to an aromatic ring is 1. The van der Waals surface area contributed by atoms with E-state index in [0.29, 0.717) is 34.2 Å². The Morgan fingerprint density at radius 2 is 2.13 bits per heavy atom. The van der Waals surface area contributed by atoms with E-state index in [1.165, 1.54) is 6.07 Å². The van der Waals surface area contributed by atoms with Crippen LogP contribution in [-0.4, -0.2) is 31.7 Å². The molecule has 1 aliphatic carbocycles. The van der Waals surface area contributed by atoms with Crippen LogP contribution >= 0.6 is 0 Å².